The third kappa shape index (κ3) is 24.6. The first-order chi connectivity index (χ1) is 5.62. The molecule has 0 amide bonds. The zero-order chi connectivity index (χ0) is 11.1. The molecule has 0 bridgehead atoms. The predicted molar refractivity (Wildman–Crippen MR) is 45.7 cm³/mol. The molecule has 6 nitrogen and oxygen atoms in total. The lowest BCUT2D eigenvalue weighted by Gasteiger charge is -2.19. The highest BCUT2D eigenvalue weighted by molar-refractivity contribution is 7.80. The van der Waals surface area contributed by atoms with Crippen LogP contribution in [0.3, 0.4) is 0 Å². The van der Waals surface area contributed by atoms with E-state index in [-0.39, 0.29) is 0 Å². The van der Waals surface area contributed by atoms with Crippen molar-refractivity contribution in [3.63, 3.8) is 0 Å². The summed E-state index contributed by atoms with van der Waals surface area (Å²) in [5.74, 6) is 0. The summed E-state index contributed by atoms with van der Waals surface area (Å²) in [7, 11) is 2.34. The predicted octanol–water partition coefficient (Wildman–Crippen LogP) is -1.02. The molecule has 0 saturated heterocycles. The van der Waals surface area contributed by atoms with Crippen molar-refractivity contribution in [3.8, 4) is 0 Å². The van der Waals surface area contributed by atoms with Crippen molar-refractivity contribution < 1.29 is 26.4 Å². The smallest absolute Gasteiger partial charge is 0.217 e. The zero-order valence-corrected chi connectivity index (χ0v) is 9.00. The van der Waals surface area contributed by atoms with Crippen LogP contribution < -0.4 is 0 Å². The van der Waals surface area contributed by atoms with Crippen molar-refractivity contribution >= 4 is 16.7 Å². The van der Waals surface area contributed by atoms with Gasteiger partial charge in [0.2, 0.25) is 10.4 Å². The van der Waals surface area contributed by atoms with Crippen LogP contribution >= 0.6 is 0 Å². The van der Waals surface area contributed by atoms with Crippen LogP contribution in [0.15, 0.2) is 0 Å². The Morgan fingerprint density at radius 2 is 1.69 bits per heavy atom. The van der Waals surface area contributed by atoms with Gasteiger partial charge in [0.1, 0.15) is 6.54 Å². The number of quaternary nitrogens is 1. The molecule has 0 atom stereocenters. The van der Waals surface area contributed by atoms with Gasteiger partial charge in [-0.05, 0) is 0 Å². The van der Waals surface area contributed by atoms with Gasteiger partial charge in [0, 0.05) is 0 Å². The molecule has 0 spiro atoms. The Morgan fingerprint density at radius 1 is 1.38 bits per heavy atom. The lowest BCUT2D eigenvalue weighted by molar-refractivity contribution is -0.861. The maximum absolute atomic E-state index is 9.80. The first kappa shape index (κ1) is 15.0. The van der Waals surface area contributed by atoms with Gasteiger partial charge in [-0.1, -0.05) is 0 Å². The highest BCUT2D eigenvalue weighted by Gasteiger charge is 2.01. The quantitative estimate of drug-likeness (QED) is 0.259. The number of hydrogen-bond acceptors (Lipinski definition) is 5. The van der Waals surface area contributed by atoms with Gasteiger partial charge in [0.25, 0.3) is 0 Å². The molecule has 7 heteroatoms. The molecule has 0 radical (unpaired) electrons. The summed E-state index contributed by atoms with van der Waals surface area (Å²) < 4.78 is 31.7. The van der Waals surface area contributed by atoms with E-state index in [0.717, 1.165) is 17.9 Å². The van der Waals surface area contributed by atoms with Crippen LogP contribution in [-0.4, -0.2) is 58.5 Å². The average Bonchev–Trinajstić information content (AvgIpc) is 1.84. The van der Waals surface area contributed by atoms with Gasteiger partial charge in [-0.15, -0.1) is 0 Å². The number of carbonyl (C=O) groups excluding carboxylic acids is 1. The standard InChI is InChI=1S/C5H12NO.CH4O4S/c1-6(2,3)4-5-7;1-5-6(2,3)4/h5H,4H2,1-3H3;1H3,(H,2,3,4)/q+1;/p-1. The van der Waals surface area contributed by atoms with Gasteiger partial charge in [-0.25, -0.2) is 8.42 Å². The van der Waals surface area contributed by atoms with E-state index in [1.54, 1.807) is 0 Å². The van der Waals surface area contributed by atoms with Gasteiger partial charge >= 0.3 is 0 Å². The highest BCUT2D eigenvalue weighted by Crippen LogP contribution is 1.82. The Hall–Kier alpha value is -0.500. The zero-order valence-electron chi connectivity index (χ0n) is 8.18. The molecule has 0 fully saturated rings. The molecule has 13 heavy (non-hydrogen) atoms. The van der Waals surface area contributed by atoms with E-state index in [0.29, 0.717) is 6.54 Å². The number of likely N-dealkylation sites (N-methyl/N-ethyl adjacent to an activating group) is 1. The third-order valence-electron chi connectivity index (χ3n) is 0.826. The van der Waals surface area contributed by atoms with E-state index in [9.17, 15) is 17.8 Å². The van der Waals surface area contributed by atoms with Gasteiger partial charge in [-0.3, -0.25) is 8.98 Å². The molecular weight excluding hydrogens is 198 g/mol. The summed E-state index contributed by atoms with van der Waals surface area (Å²) >= 11 is 0. The third-order valence-corrected chi connectivity index (χ3v) is 1.23. The van der Waals surface area contributed by atoms with Gasteiger partial charge in [-0.2, -0.15) is 0 Å². The van der Waals surface area contributed by atoms with Crippen molar-refractivity contribution in [2.75, 3.05) is 34.8 Å². The Kier molecular flexibility index (Phi) is 6.96. The van der Waals surface area contributed by atoms with Crippen molar-refractivity contribution in [2.24, 2.45) is 0 Å². The monoisotopic (exact) mass is 213 g/mol. The summed E-state index contributed by atoms with van der Waals surface area (Å²) in [5.41, 5.74) is 0. The Bertz CT molecular complexity index is 228. The molecule has 0 saturated carbocycles. The number of carbonyl (C=O) groups is 1. The fourth-order valence-electron chi connectivity index (χ4n) is 0.224. The molecule has 80 valence electrons. The molecule has 0 heterocycles. The first-order valence-corrected chi connectivity index (χ1v) is 4.71. The minimum absolute atomic E-state index is 0.597. The molecule has 0 aromatic rings. The summed E-state index contributed by atoms with van der Waals surface area (Å²) in [5, 5.41) is 0. The normalized spacial score (nSPS) is 11.5. The summed E-state index contributed by atoms with van der Waals surface area (Å²) in [4.78, 5) is 9.80. The molecule has 0 aromatic heterocycles. The lowest BCUT2D eigenvalue weighted by atomic mass is 10.6. The van der Waals surface area contributed by atoms with Crippen LogP contribution in [0.5, 0.6) is 0 Å². The number of hydrogen-bond donors (Lipinski definition) is 0. The van der Waals surface area contributed by atoms with Crippen molar-refractivity contribution in [2.45, 2.75) is 0 Å². The number of rotatable bonds is 3. The van der Waals surface area contributed by atoms with Crippen molar-refractivity contribution in [3.05, 3.63) is 0 Å². The molecule has 0 aliphatic carbocycles. The second-order valence-electron chi connectivity index (χ2n) is 3.21. The molecule has 0 aliphatic rings. The fraction of sp³-hybridized carbons (Fsp3) is 0.833. The molecular formula is C6H15NO5S. The van der Waals surface area contributed by atoms with Crippen LogP contribution in [0.2, 0.25) is 0 Å². The SMILES string of the molecule is COS(=O)(=O)[O-].C[N+](C)(C)CC=O. The fourth-order valence-corrected chi connectivity index (χ4v) is 0.224. The largest absolute Gasteiger partial charge is 0.726 e. The van der Waals surface area contributed by atoms with Crippen LogP contribution in [-0.2, 0) is 19.4 Å². The molecule has 0 N–H and O–H groups in total. The van der Waals surface area contributed by atoms with Crippen LogP contribution in [0, 0.1) is 0 Å². The maximum atomic E-state index is 9.80. The Balaban J connectivity index is 0. The average molecular weight is 213 g/mol. The summed E-state index contributed by atoms with van der Waals surface area (Å²) in [6.45, 7) is 0.597. The molecule has 0 rings (SSSR count). The summed E-state index contributed by atoms with van der Waals surface area (Å²) in [6.07, 6.45) is 0.931. The number of aldehydes is 1. The van der Waals surface area contributed by atoms with E-state index in [1.807, 2.05) is 21.1 Å². The molecule has 0 aliphatic heterocycles. The molecule has 0 aromatic carbocycles. The van der Waals surface area contributed by atoms with Crippen LogP contribution in [0.25, 0.3) is 0 Å². The highest BCUT2D eigenvalue weighted by atomic mass is 32.3. The number of nitrogens with zero attached hydrogens (tertiary/aromatic N) is 1. The van der Waals surface area contributed by atoms with Gasteiger partial charge in [0.05, 0.1) is 28.3 Å². The van der Waals surface area contributed by atoms with E-state index >= 15 is 0 Å². The van der Waals surface area contributed by atoms with Crippen molar-refractivity contribution in [1.82, 2.24) is 0 Å². The van der Waals surface area contributed by atoms with Crippen LogP contribution in [0.4, 0.5) is 0 Å². The van der Waals surface area contributed by atoms with E-state index < -0.39 is 10.4 Å². The van der Waals surface area contributed by atoms with E-state index in [2.05, 4.69) is 4.18 Å². The molecule has 0 unspecified atom stereocenters. The second kappa shape index (κ2) is 6.03. The van der Waals surface area contributed by atoms with Crippen molar-refractivity contribution in [1.29, 1.82) is 0 Å². The lowest BCUT2D eigenvalue weighted by Crippen LogP contribution is -2.35. The Morgan fingerprint density at radius 3 is 1.69 bits per heavy atom. The van der Waals surface area contributed by atoms with Crippen LogP contribution in [0.1, 0.15) is 0 Å². The minimum atomic E-state index is -4.41. The van der Waals surface area contributed by atoms with Gasteiger partial charge < -0.3 is 9.04 Å². The van der Waals surface area contributed by atoms with E-state index in [4.69, 9.17) is 0 Å². The maximum Gasteiger partial charge on any atom is 0.217 e. The second-order valence-corrected chi connectivity index (χ2v) is 4.36. The first-order valence-electron chi connectivity index (χ1n) is 3.38. The summed E-state index contributed by atoms with van der Waals surface area (Å²) in [6, 6.07) is 0. The Labute approximate surface area is 78.7 Å². The topological polar surface area (TPSA) is 83.5 Å². The van der Waals surface area contributed by atoms with Gasteiger partial charge in [0.15, 0.2) is 6.29 Å². The minimum Gasteiger partial charge on any atom is -0.726 e. The van der Waals surface area contributed by atoms with E-state index in [1.165, 1.54) is 0 Å².